The number of carbonyl (C=O) groups excluding carboxylic acids is 3. The Bertz CT molecular complexity index is 1130. The van der Waals surface area contributed by atoms with Gasteiger partial charge in [0.1, 0.15) is 0 Å². The smallest absolute Gasteiger partial charge is 0.340 e. The first-order chi connectivity index (χ1) is 16.3. The van der Waals surface area contributed by atoms with Crippen LogP contribution in [-0.2, 0) is 27.9 Å². The first kappa shape index (κ1) is 25.0. The number of imidazole rings is 1. The third kappa shape index (κ3) is 6.95. The lowest BCUT2D eigenvalue weighted by atomic mass is 10.1. The van der Waals surface area contributed by atoms with Gasteiger partial charge in [0.05, 0.1) is 17.0 Å². The van der Waals surface area contributed by atoms with Crippen LogP contribution in [0.15, 0.2) is 72.1 Å². The Morgan fingerprint density at radius 1 is 1.09 bits per heavy atom. The number of nitrogens with zero attached hydrogens (tertiary/aromatic N) is 3. The van der Waals surface area contributed by atoms with Crippen LogP contribution in [0.2, 0.25) is 0 Å². The topological polar surface area (TPSA) is 93.5 Å². The molecular weight excluding hydrogens is 452 g/mol. The second-order valence-electron chi connectivity index (χ2n) is 7.88. The van der Waals surface area contributed by atoms with Crippen LogP contribution in [0.4, 0.5) is 5.69 Å². The number of para-hydroxylation sites is 1. The molecule has 0 aliphatic rings. The Morgan fingerprint density at radius 3 is 2.47 bits per heavy atom. The highest BCUT2D eigenvalue weighted by atomic mass is 32.2. The average molecular weight is 481 g/mol. The van der Waals surface area contributed by atoms with Crippen molar-refractivity contribution in [3.8, 4) is 0 Å². The Labute approximate surface area is 203 Å². The van der Waals surface area contributed by atoms with Gasteiger partial charge in [0.2, 0.25) is 5.91 Å². The van der Waals surface area contributed by atoms with Crippen LogP contribution >= 0.6 is 11.8 Å². The van der Waals surface area contributed by atoms with Gasteiger partial charge in [-0.25, -0.2) is 9.78 Å². The van der Waals surface area contributed by atoms with Crippen LogP contribution < -0.4 is 5.32 Å². The molecule has 1 aromatic heterocycles. The zero-order valence-electron chi connectivity index (χ0n) is 19.4. The SMILES string of the molecule is CC(C)N(Cc1ccccc1)C(=O)COC(=O)c1ccccc1NC(=O)CSc1nccn1C. The monoisotopic (exact) mass is 480 g/mol. The number of carbonyl (C=O) groups is 3. The maximum Gasteiger partial charge on any atom is 0.340 e. The van der Waals surface area contributed by atoms with Crippen LogP contribution in [0, 0.1) is 0 Å². The number of amides is 2. The Kier molecular flexibility index (Phi) is 8.86. The molecule has 0 bridgehead atoms. The summed E-state index contributed by atoms with van der Waals surface area (Å²) in [7, 11) is 1.85. The summed E-state index contributed by atoms with van der Waals surface area (Å²) in [6.07, 6.45) is 3.46. The third-order valence-corrected chi connectivity index (χ3v) is 6.05. The fraction of sp³-hybridized carbons (Fsp3) is 0.280. The number of anilines is 1. The third-order valence-electron chi connectivity index (χ3n) is 5.00. The van der Waals surface area contributed by atoms with Gasteiger partial charge in [-0.05, 0) is 31.5 Å². The van der Waals surface area contributed by atoms with Gasteiger partial charge in [-0.2, -0.15) is 0 Å². The van der Waals surface area contributed by atoms with E-state index in [0.717, 1.165) is 5.56 Å². The first-order valence-corrected chi connectivity index (χ1v) is 11.8. The number of aryl methyl sites for hydroxylation is 1. The number of thioether (sulfide) groups is 1. The fourth-order valence-corrected chi connectivity index (χ4v) is 3.94. The highest BCUT2D eigenvalue weighted by molar-refractivity contribution is 7.99. The normalized spacial score (nSPS) is 10.7. The van der Waals surface area contributed by atoms with Crippen molar-refractivity contribution in [1.29, 1.82) is 0 Å². The molecule has 178 valence electrons. The number of rotatable bonds is 10. The van der Waals surface area contributed by atoms with Gasteiger partial charge in [0.25, 0.3) is 5.91 Å². The zero-order valence-corrected chi connectivity index (χ0v) is 20.2. The van der Waals surface area contributed by atoms with Gasteiger partial charge in [0, 0.05) is 32.0 Å². The van der Waals surface area contributed by atoms with E-state index in [0.29, 0.717) is 17.4 Å². The van der Waals surface area contributed by atoms with E-state index in [9.17, 15) is 14.4 Å². The number of nitrogens with one attached hydrogen (secondary N) is 1. The summed E-state index contributed by atoms with van der Waals surface area (Å²) >= 11 is 1.29. The van der Waals surface area contributed by atoms with Crippen LogP contribution in [0.3, 0.4) is 0 Å². The highest BCUT2D eigenvalue weighted by Crippen LogP contribution is 2.19. The standard InChI is InChI=1S/C25H28N4O4S/c1-18(2)29(15-19-9-5-4-6-10-19)23(31)16-33-24(32)20-11-7-8-12-21(20)27-22(30)17-34-25-26-13-14-28(25)3/h4-14,18H,15-17H2,1-3H3,(H,27,30). The molecule has 0 spiro atoms. The molecule has 0 saturated heterocycles. The minimum Gasteiger partial charge on any atom is -0.452 e. The molecule has 0 fully saturated rings. The number of hydrogen-bond acceptors (Lipinski definition) is 6. The Balaban J connectivity index is 1.58. The second kappa shape index (κ2) is 12.0. The van der Waals surface area contributed by atoms with Crippen LogP contribution in [0.25, 0.3) is 0 Å². The van der Waals surface area contributed by atoms with Gasteiger partial charge >= 0.3 is 5.97 Å². The molecule has 9 heteroatoms. The molecule has 8 nitrogen and oxygen atoms in total. The van der Waals surface area contributed by atoms with Gasteiger partial charge in [-0.1, -0.05) is 54.2 Å². The van der Waals surface area contributed by atoms with E-state index in [-0.39, 0.29) is 35.8 Å². The van der Waals surface area contributed by atoms with Crippen molar-refractivity contribution in [2.24, 2.45) is 7.05 Å². The molecular formula is C25H28N4O4S. The molecule has 2 aromatic carbocycles. The molecule has 0 aliphatic carbocycles. The average Bonchev–Trinajstić information content (AvgIpc) is 3.25. The van der Waals surface area contributed by atoms with Crippen LogP contribution in [0.5, 0.6) is 0 Å². The molecule has 34 heavy (non-hydrogen) atoms. The lowest BCUT2D eigenvalue weighted by molar-refractivity contribution is -0.137. The number of ether oxygens (including phenoxy) is 1. The summed E-state index contributed by atoms with van der Waals surface area (Å²) in [5, 5.41) is 3.46. The largest absolute Gasteiger partial charge is 0.452 e. The van der Waals surface area contributed by atoms with Gasteiger partial charge in [-0.3, -0.25) is 9.59 Å². The molecule has 1 N–H and O–H groups in total. The zero-order chi connectivity index (χ0) is 24.5. The lowest BCUT2D eigenvalue weighted by Crippen LogP contribution is -2.39. The molecule has 3 aromatic rings. The summed E-state index contributed by atoms with van der Waals surface area (Å²) in [6.45, 7) is 3.86. The van der Waals surface area contributed by atoms with Crippen molar-refractivity contribution in [3.63, 3.8) is 0 Å². The molecule has 2 amide bonds. The van der Waals surface area contributed by atoms with Gasteiger partial charge < -0.3 is 19.5 Å². The van der Waals surface area contributed by atoms with Crippen molar-refractivity contribution in [1.82, 2.24) is 14.5 Å². The number of benzene rings is 2. The number of aromatic nitrogens is 2. The highest BCUT2D eigenvalue weighted by Gasteiger charge is 2.21. The maximum absolute atomic E-state index is 12.8. The van der Waals surface area contributed by atoms with E-state index in [1.165, 1.54) is 11.8 Å². The number of hydrogen-bond donors (Lipinski definition) is 1. The van der Waals surface area contributed by atoms with Crippen molar-refractivity contribution in [2.75, 3.05) is 17.7 Å². The molecule has 0 atom stereocenters. The minimum atomic E-state index is -0.676. The van der Waals surface area contributed by atoms with E-state index in [1.54, 1.807) is 41.6 Å². The predicted molar refractivity (Wildman–Crippen MR) is 131 cm³/mol. The lowest BCUT2D eigenvalue weighted by Gasteiger charge is -2.26. The van der Waals surface area contributed by atoms with Crippen molar-refractivity contribution < 1.29 is 19.1 Å². The van der Waals surface area contributed by atoms with Gasteiger partial charge in [0.15, 0.2) is 11.8 Å². The summed E-state index contributed by atoms with van der Waals surface area (Å²) in [6, 6.07) is 16.1. The Hall–Kier alpha value is -3.59. The van der Waals surface area contributed by atoms with Crippen molar-refractivity contribution >= 4 is 35.2 Å². The molecule has 1 heterocycles. The maximum atomic E-state index is 12.8. The minimum absolute atomic E-state index is 0.0609. The Morgan fingerprint density at radius 2 is 1.79 bits per heavy atom. The number of esters is 1. The molecule has 0 radical (unpaired) electrons. The summed E-state index contributed by atoms with van der Waals surface area (Å²) in [5.41, 5.74) is 1.51. The van der Waals surface area contributed by atoms with Gasteiger partial charge in [-0.15, -0.1) is 0 Å². The van der Waals surface area contributed by atoms with E-state index in [1.807, 2.05) is 55.8 Å². The van der Waals surface area contributed by atoms with Crippen molar-refractivity contribution in [2.45, 2.75) is 31.6 Å². The summed E-state index contributed by atoms with van der Waals surface area (Å²) in [5.74, 6) is -1.11. The van der Waals surface area contributed by atoms with Crippen LogP contribution in [0.1, 0.15) is 29.8 Å². The van der Waals surface area contributed by atoms with Crippen LogP contribution in [-0.4, -0.2) is 50.6 Å². The predicted octanol–water partition coefficient (Wildman–Crippen LogP) is 3.74. The quantitative estimate of drug-likeness (QED) is 0.351. The summed E-state index contributed by atoms with van der Waals surface area (Å²) in [4.78, 5) is 43.8. The van der Waals surface area contributed by atoms with E-state index < -0.39 is 5.97 Å². The van der Waals surface area contributed by atoms with E-state index >= 15 is 0 Å². The second-order valence-corrected chi connectivity index (χ2v) is 8.82. The first-order valence-electron chi connectivity index (χ1n) is 10.8. The van der Waals surface area contributed by atoms with E-state index in [2.05, 4.69) is 10.3 Å². The fourth-order valence-electron chi connectivity index (χ4n) is 3.20. The molecule has 0 aliphatic heterocycles. The van der Waals surface area contributed by atoms with Crippen molar-refractivity contribution in [3.05, 3.63) is 78.1 Å². The summed E-state index contributed by atoms with van der Waals surface area (Å²) < 4.78 is 7.13. The van der Waals surface area contributed by atoms with E-state index in [4.69, 9.17) is 4.74 Å². The molecule has 0 saturated carbocycles. The molecule has 3 rings (SSSR count). The molecule has 0 unspecified atom stereocenters.